The summed E-state index contributed by atoms with van der Waals surface area (Å²) in [4.78, 5) is 3.87. The van der Waals surface area contributed by atoms with Gasteiger partial charge in [-0.15, -0.1) is 0 Å². The van der Waals surface area contributed by atoms with Crippen LogP contribution in [0.3, 0.4) is 0 Å². The molecule has 19 heavy (non-hydrogen) atoms. The van der Waals surface area contributed by atoms with E-state index in [1.54, 1.807) is 0 Å². The van der Waals surface area contributed by atoms with Crippen LogP contribution < -0.4 is 4.74 Å². The molecule has 3 nitrogen and oxygen atoms in total. The van der Waals surface area contributed by atoms with Gasteiger partial charge in [0.1, 0.15) is 17.3 Å². The minimum absolute atomic E-state index is 0.0511. The minimum atomic E-state index is -2.95. The molecular weight excluding hydrogens is 259 g/mol. The summed E-state index contributed by atoms with van der Waals surface area (Å²) in [6.07, 6.45) is 1.41. The molecule has 1 N–H and O–H groups in total. The molecule has 6 heteroatoms. The highest BCUT2D eigenvalue weighted by molar-refractivity contribution is 5.65. The van der Waals surface area contributed by atoms with Gasteiger partial charge in [-0.05, 0) is 35.9 Å². The van der Waals surface area contributed by atoms with Crippen LogP contribution in [-0.4, -0.2) is 16.7 Å². The van der Waals surface area contributed by atoms with E-state index in [0.29, 0.717) is 5.56 Å². The molecule has 0 aliphatic rings. The Morgan fingerprint density at radius 3 is 2.68 bits per heavy atom. The lowest BCUT2D eigenvalue weighted by Gasteiger charge is -2.10. The van der Waals surface area contributed by atoms with Crippen molar-refractivity contribution in [3.05, 3.63) is 47.9 Å². The number of aliphatic hydroxyl groups is 1. The molecular formula is C13H10F3NO2. The van der Waals surface area contributed by atoms with E-state index < -0.39 is 19.0 Å². The highest BCUT2D eigenvalue weighted by atomic mass is 19.3. The van der Waals surface area contributed by atoms with Gasteiger partial charge in [-0.1, -0.05) is 0 Å². The first kappa shape index (κ1) is 13.4. The summed E-state index contributed by atoms with van der Waals surface area (Å²) in [6, 6.07) is 6.55. The van der Waals surface area contributed by atoms with Gasteiger partial charge in [-0.25, -0.2) is 4.39 Å². The van der Waals surface area contributed by atoms with Crippen LogP contribution in [0.5, 0.6) is 5.75 Å². The molecule has 0 spiro atoms. The predicted molar refractivity (Wildman–Crippen MR) is 62.2 cm³/mol. The Morgan fingerprint density at radius 1 is 1.26 bits per heavy atom. The zero-order valence-corrected chi connectivity index (χ0v) is 9.69. The van der Waals surface area contributed by atoms with Crippen molar-refractivity contribution in [2.45, 2.75) is 13.2 Å². The number of pyridine rings is 1. The van der Waals surface area contributed by atoms with Crippen LogP contribution in [-0.2, 0) is 6.61 Å². The first-order chi connectivity index (χ1) is 9.11. The molecule has 0 amide bonds. The van der Waals surface area contributed by atoms with Gasteiger partial charge in [0.05, 0.1) is 6.61 Å². The fourth-order valence-corrected chi connectivity index (χ4v) is 1.69. The van der Waals surface area contributed by atoms with Crippen molar-refractivity contribution < 1.29 is 23.0 Å². The maximum absolute atomic E-state index is 13.6. The molecule has 0 fully saturated rings. The third kappa shape index (κ3) is 3.03. The number of benzene rings is 1. The second kappa shape index (κ2) is 5.71. The number of nitrogens with zero attached hydrogens (tertiary/aromatic N) is 1. The van der Waals surface area contributed by atoms with Crippen LogP contribution in [0.2, 0.25) is 0 Å². The number of hydrogen-bond donors (Lipinski definition) is 1. The summed E-state index contributed by atoms with van der Waals surface area (Å²) in [6.45, 7) is -3.39. The standard InChI is InChI=1S/C13H10F3NO2/c14-11-2-1-5-17-12(11)10-4-3-9(19-13(15)16)6-8(10)7-18/h1-6,13,18H,7H2. The predicted octanol–water partition coefficient (Wildman–Crippen LogP) is 2.98. The SMILES string of the molecule is OCc1cc(OC(F)F)ccc1-c1ncccc1F. The number of ether oxygens (including phenoxy) is 1. The van der Waals surface area contributed by atoms with Crippen molar-refractivity contribution in [1.29, 1.82) is 0 Å². The molecule has 100 valence electrons. The van der Waals surface area contributed by atoms with Gasteiger partial charge in [0.2, 0.25) is 0 Å². The van der Waals surface area contributed by atoms with E-state index in [1.165, 1.54) is 36.5 Å². The van der Waals surface area contributed by atoms with Crippen LogP contribution in [0.15, 0.2) is 36.5 Å². The molecule has 0 radical (unpaired) electrons. The first-order valence-electron chi connectivity index (χ1n) is 5.41. The van der Waals surface area contributed by atoms with Crippen LogP contribution >= 0.6 is 0 Å². The molecule has 2 rings (SSSR count). The first-order valence-corrected chi connectivity index (χ1v) is 5.41. The second-order valence-corrected chi connectivity index (χ2v) is 3.69. The van der Waals surface area contributed by atoms with Gasteiger partial charge in [0.25, 0.3) is 0 Å². The molecule has 1 aromatic heterocycles. The fraction of sp³-hybridized carbons (Fsp3) is 0.154. The Hall–Kier alpha value is -2.08. The largest absolute Gasteiger partial charge is 0.435 e. The zero-order valence-electron chi connectivity index (χ0n) is 9.69. The highest BCUT2D eigenvalue weighted by Gasteiger charge is 2.13. The van der Waals surface area contributed by atoms with Gasteiger partial charge in [0, 0.05) is 11.8 Å². The molecule has 0 saturated heterocycles. The van der Waals surface area contributed by atoms with Gasteiger partial charge in [-0.3, -0.25) is 4.98 Å². The summed E-state index contributed by atoms with van der Waals surface area (Å²) < 4.78 is 42.0. The Labute approximate surface area is 107 Å². The Bertz CT molecular complexity index is 576. The van der Waals surface area contributed by atoms with E-state index in [1.807, 2.05) is 0 Å². The molecule has 1 heterocycles. The Kier molecular flexibility index (Phi) is 4.01. The third-order valence-electron chi connectivity index (χ3n) is 2.49. The maximum atomic E-state index is 13.6. The third-order valence-corrected chi connectivity index (χ3v) is 2.49. The molecule has 0 atom stereocenters. The number of rotatable bonds is 4. The summed E-state index contributed by atoms with van der Waals surface area (Å²) >= 11 is 0. The molecule has 2 aromatic rings. The second-order valence-electron chi connectivity index (χ2n) is 3.69. The zero-order chi connectivity index (χ0) is 13.8. The van der Waals surface area contributed by atoms with Gasteiger partial charge < -0.3 is 9.84 Å². The topological polar surface area (TPSA) is 42.4 Å². The number of alkyl halides is 2. The van der Waals surface area contributed by atoms with E-state index in [2.05, 4.69) is 9.72 Å². The lowest BCUT2D eigenvalue weighted by molar-refractivity contribution is -0.0499. The minimum Gasteiger partial charge on any atom is -0.435 e. The van der Waals surface area contributed by atoms with Crippen LogP contribution in [0, 0.1) is 5.82 Å². The number of aromatic nitrogens is 1. The number of hydrogen-bond acceptors (Lipinski definition) is 3. The van der Waals surface area contributed by atoms with E-state index in [-0.39, 0.29) is 17.0 Å². The summed E-state index contributed by atoms with van der Waals surface area (Å²) in [5, 5.41) is 9.24. The average molecular weight is 269 g/mol. The molecule has 0 saturated carbocycles. The van der Waals surface area contributed by atoms with Gasteiger partial charge >= 0.3 is 6.61 Å². The average Bonchev–Trinajstić information content (AvgIpc) is 2.39. The number of aliphatic hydroxyl groups excluding tert-OH is 1. The molecule has 1 aromatic carbocycles. The van der Waals surface area contributed by atoms with Crippen LogP contribution in [0.4, 0.5) is 13.2 Å². The summed E-state index contributed by atoms with van der Waals surface area (Å²) in [7, 11) is 0. The van der Waals surface area contributed by atoms with E-state index >= 15 is 0 Å². The van der Waals surface area contributed by atoms with E-state index in [9.17, 15) is 18.3 Å². The maximum Gasteiger partial charge on any atom is 0.387 e. The van der Waals surface area contributed by atoms with Gasteiger partial charge in [-0.2, -0.15) is 8.78 Å². The molecule has 0 bridgehead atoms. The van der Waals surface area contributed by atoms with Gasteiger partial charge in [0.15, 0.2) is 0 Å². The van der Waals surface area contributed by atoms with Crippen molar-refractivity contribution in [3.8, 4) is 17.0 Å². The fourth-order valence-electron chi connectivity index (χ4n) is 1.69. The normalized spacial score (nSPS) is 10.8. The Balaban J connectivity index is 2.44. The van der Waals surface area contributed by atoms with Crippen molar-refractivity contribution >= 4 is 0 Å². The lowest BCUT2D eigenvalue weighted by atomic mass is 10.0. The Morgan fingerprint density at radius 2 is 2.05 bits per heavy atom. The molecule has 0 unspecified atom stereocenters. The van der Waals surface area contributed by atoms with Crippen molar-refractivity contribution in [2.24, 2.45) is 0 Å². The smallest absolute Gasteiger partial charge is 0.387 e. The molecule has 0 aliphatic carbocycles. The lowest BCUT2D eigenvalue weighted by Crippen LogP contribution is -2.03. The monoisotopic (exact) mass is 269 g/mol. The van der Waals surface area contributed by atoms with Crippen molar-refractivity contribution in [3.63, 3.8) is 0 Å². The summed E-state index contributed by atoms with van der Waals surface area (Å²) in [5.41, 5.74) is 0.646. The van der Waals surface area contributed by atoms with E-state index in [4.69, 9.17) is 0 Å². The van der Waals surface area contributed by atoms with Crippen molar-refractivity contribution in [2.75, 3.05) is 0 Å². The van der Waals surface area contributed by atoms with Crippen LogP contribution in [0.1, 0.15) is 5.56 Å². The van der Waals surface area contributed by atoms with Crippen LogP contribution in [0.25, 0.3) is 11.3 Å². The molecule has 0 aliphatic heterocycles. The quantitative estimate of drug-likeness (QED) is 0.927. The summed E-state index contributed by atoms with van der Waals surface area (Å²) in [5.74, 6) is -0.654. The van der Waals surface area contributed by atoms with Crippen molar-refractivity contribution in [1.82, 2.24) is 4.98 Å². The highest BCUT2D eigenvalue weighted by Crippen LogP contribution is 2.28. The van der Waals surface area contributed by atoms with E-state index in [0.717, 1.165) is 0 Å². The number of halogens is 3.